The predicted molar refractivity (Wildman–Crippen MR) is 61.7 cm³/mol. The zero-order chi connectivity index (χ0) is 10.8. The number of hydrogen-bond donors (Lipinski definition) is 1. The largest absolute Gasteiger partial charge is 0.507 e. The van der Waals surface area contributed by atoms with Crippen LogP contribution in [-0.4, -0.2) is 26.2 Å². The van der Waals surface area contributed by atoms with E-state index in [1.807, 2.05) is 12.1 Å². The van der Waals surface area contributed by atoms with Gasteiger partial charge in [-0.25, -0.2) is 0 Å². The van der Waals surface area contributed by atoms with Crippen LogP contribution in [-0.2, 0) is 6.42 Å². The van der Waals surface area contributed by atoms with Crippen LogP contribution >= 0.6 is 0 Å². The van der Waals surface area contributed by atoms with E-state index < -0.39 is 0 Å². The molecule has 0 atom stereocenters. The molecule has 0 radical (unpaired) electrons. The third-order valence-corrected chi connectivity index (χ3v) is 2.36. The van der Waals surface area contributed by atoms with Crippen molar-refractivity contribution in [3.63, 3.8) is 0 Å². The Morgan fingerprint density at radius 3 is 2.29 bits per heavy atom. The van der Waals surface area contributed by atoms with Crippen LogP contribution in [0, 0.1) is 0 Å². The van der Waals surface area contributed by atoms with Crippen LogP contribution in [0.5, 0.6) is 5.75 Å². The van der Waals surface area contributed by atoms with Gasteiger partial charge in [-0.2, -0.15) is 0 Å². The van der Waals surface area contributed by atoms with Gasteiger partial charge >= 0.3 is 0 Å². The molecule has 14 heavy (non-hydrogen) atoms. The first-order valence-electron chi connectivity index (χ1n) is 5.09. The van der Waals surface area contributed by atoms with Crippen molar-refractivity contribution in [2.75, 3.05) is 21.1 Å². The molecule has 78 valence electrons. The number of phenols is 1. The molecule has 0 saturated heterocycles. The molecule has 0 saturated carbocycles. The van der Waals surface area contributed by atoms with Gasteiger partial charge in [0.1, 0.15) is 11.4 Å². The second-order valence-corrected chi connectivity index (χ2v) is 4.58. The first kappa shape index (κ1) is 11.1. The maximum atomic E-state index is 9.78. The van der Waals surface area contributed by atoms with Gasteiger partial charge in [0.25, 0.3) is 0 Å². The molecule has 2 nitrogen and oxygen atoms in total. The second-order valence-electron chi connectivity index (χ2n) is 4.58. The molecule has 0 unspecified atom stereocenters. The van der Waals surface area contributed by atoms with Gasteiger partial charge in [-0.1, -0.05) is 13.3 Å². The van der Waals surface area contributed by atoms with Gasteiger partial charge in [0.05, 0.1) is 21.1 Å². The number of aromatic hydroxyl groups is 1. The van der Waals surface area contributed by atoms with Gasteiger partial charge in [0.15, 0.2) is 0 Å². The third-order valence-electron chi connectivity index (χ3n) is 2.36. The summed E-state index contributed by atoms with van der Waals surface area (Å²) in [6, 6.07) is 5.98. The summed E-state index contributed by atoms with van der Waals surface area (Å²) in [6.45, 7) is 2.12. The highest BCUT2D eigenvalue weighted by Crippen LogP contribution is 2.26. The summed E-state index contributed by atoms with van der Waals surface area (Å²) in [5, 5.41) is 9.78. The Hall–Kier alpha value is -1.02. The Labute approximate surface area is 86.4 Å². The zero-order valence-electron chi connectivity index (χ0n) is 9.54. The first-order chi connectivity index (χ1) is 6.45. The van der Waals surface area contributed by atoms with Crippen molar-refractivity contribution in [1.82, 2.24) is 4.48 Å². The van der Waals surface area contributed by atoms with E-state index in [4.69, 9.17) is 0 Å². The molecular formula is C12H20NO+. The lowest BCUT2D eigenvalue weighted by molar-refractivity contribution is 0.455. The van der Waals surface area contributed by atoms with Gasteiger partial charge in [-0.05, 0) is 24.1 Å². The topological polar surface area (TPSA) is 20.2 Å². The van der Waals surface area contributed by atoms with Gasteiger partial charge < -0.3 is 5.11 Å². The highest BCUT2D eigenvalue weighted by molar-refractivity contribution is 5.49. The van der Waals surface area contributed by atoms with E-state index in [2.05, 4.69) is 34.1 Å². The summed E-state index contributed by atoms with van der Waals surface area (Å²) in [5.41, 5.74) is 2.17. The number of quaternary nitrogens is 1. The van der Waals surface area contributed by atoms with E-state index in [-0.39, 0.29) is 0 Å². The molecule has 1 aromatic rings. The van der Waals surface area contributed by atoms with Crippen LogP contribution in [0.3, 0.4) is 0 Å². The average Bonchev–Trinajstić information content (AvgIpc) is 2.07. The Kier molecular flexibility index (Phi) is 3.17. The van der Waals surface area contributed by atoms with Crippen molar-refractivity contribution < 1.29 is 5.11 Å². The molecule has 1 aromatic carbocycles. The average molecular weight is 194 g/mol. The van der Waals surface area contributed by atoms with Crippen LogP contribution < -0.4 is 4.48 Å². The van der Waals surface area contributed by atoms with E-state index in [1.165, 1.54) is 0 Å². The number of nitrogens with zero attached hydrogens (tertiary/aromatic N) is 1. The van der Waals surface area contributed by atoms with Crippen molar-refractivity contribution >= 4 is 5.69 Å². The molecule has 2 heteroatoms. The molecule has 0 aliphatic carbocycles. The standard InChI is InChI=1S/C12H19NO/c1-5-6-10-7-8-11(9-12(10)14)13(2,3)4/h7-9H,5-6H2,1-4H3/p+1. The summed E-state index contributed by atoms with van der Waals surface area (Å²) in [4.78, 5) is 0. The Bertz CT molecular complexity index is 313. The molecule has 0 spiro atoms. The third kappa shape index (κ3) is 2.48. The van der Waals surface area contributed by atoms with Crippen LogP contribution in [0.1, 0.15) is 18.9 Å². The zero-order valence-corrected chi connectivity index (χ0v) is 9.54. The van der Waals surface area contributed by atoms with Crippen molar-refractivity contribution in [3.8, 4) is 5.75 Å². The molecule has 0 aromatic heterocycles. The number of rotatable bonds is 3. The number of benzene rings is 1. The summed E-state index contributed by atoms with van der Waals surface area (Å²) in [7, 11) is 6.27. The summed E-state index contributed by atoms with van der Waals surface area (Å²) < 4.78 is 0.736. The van der Waals surface area contributed by atoms with Gasteiger partial charge in [0, 0.05) is 6.07 Å². The maximum absolute atomic E-state index is 9.78. The Morgan fingerprint density at radius 2 is 1.86 bits per heavy atom. The van der Waals surface area contributed by atoms with E-state index in [9.17, 15) is 5.11 Å². The molecule has 1 N–H and O–H groups in total. The van der Waals surface area contributed by atoms with Gasteiger partial charge in [0.2, 0.25) is 0 Å². The van der Waals surface area contributed by atoms with Crippen LogP contribution in [0.2, 0.25) is 0 Å². The maximum Gasteiger partial charge on any atom is 0.135 e. The van der Waals surface area contributed by atoms with Crippen molar-refractivity contribution in [3.05, 3.63) is 23.8 Å². The van der Waals surface area contributed by atoms with Crippen LogP contribution in [0.4, 0.5) is 5.69 Å². The minimum atomic E-state index is 0.428. The highest BCUT2D eigenvalue weighted by Gasteiger charge is 2.13. The monoisotopic (exact) mass is 194 g/mol. The van der Waals surface area contributed by atoms with Crippen molar-refractivity contribution in [2.45, 2.75) is 19.8 Å². The summed E-state index contributed by atoms with van der Waals surface area (Å²) in [5.74, 6) is 0.428. The van der Waals surface area contributed by atoms with E-state index >= 15 is 0 Å². The van der Waals surface area contributed by atoms with E-state index in [0.717, 1.165) is 28.6 Å². The summed E-state index contributed by atoms with van der Waals surface area (Å²) >= 11 is 0. The van der Waals surface area contributed by atoms with Crippen LogP contribution in [0.15, 0.2) is 18.2 Å². The predicted octanol–water partition coefficient (Wildman–Crippen LogP) is 2.54. The minimum Gasteiger partial charge on any atom is -0.507 e. The lowest BCUT2D eigenvalue weighted by Gasteiger charge is -2.23. The smallest absolute Gasteiger partial charge is 0.135 e. The number of phenolic OH excluding ortho intramolecular Hbond substituents is 1. The molecule has 0 amide bonds. The first-order valence-corrected chi connectivity index (χ1v) is 5.09. The SMILES string of the molecule is CCCc1ccc([N+](C)(C)C)cc1O. The lowest BCUT2D eigenvalue weighted by atomic mass is 10.1. The molecule has 0 aliphatic rings. The Morgan fingerprint density at radius 1 is 1.21 bits per heavy atom. The van der Waals surface area contributed by atoms with Crippen molar-refractivity contribution in [2.24, 2.45) is 0 Å². The Balaban J connectivity index is 3.01. The quantitative estimate of drug-likeness (QED) is 0.733. The van der Waals surface area contributed by atoms with E-state index in [0.29, 0.717) is 5.75 Å². The lowest BCUT2D eigenvalue weighted by Crippen LogP contribution is -2.34. The molecule has 0 bridgehead atoms. The fourth-order valence-electron chi connectivity index (χ4n) is 1.45. The number of aryl methyl sites for hydroxylation is 1. The molecular weight excluding hydrogens is 174 g/mol. The van der Waals surface area contributed by atoms with Gasteiger partial charge in [-0.15, -0.1) is 0 Å². The normalized spacial score (nSPS) is 11.7. The van der Waals surface area contributed by atoms with Crippen LogP contribution in [0.25, 0.3) is 0 Å². The molecule has 1 rings (SSSR count). The molecule has 0 aliphatic heterocycles. The number of hydrogen-bond acceptors (Lipinski definition) is 1. The minimum absolute atomic E-state index is 0.428. The fraction of sp³-hybridized carbons (Fsp3) is 0.500. The molecule has 0 fully saturated rings. The molecule has 0 heterocycles. The fourth-order valence-corrected chi connectivity index (χ4v) is 1.45. The summed E-state index contributed by atoms with van der Waals surface area (Å²) in [6.07, 6.45) is 2.01. The van der Waals surface area contributed by atoms with E-state index in [1.54, 1.807) is 0 Å². The van der Waals surface area contributed by atoms with Crippen molar-refractivity contribution in [1.29, 1.82) is 0 Å². The van der Waals surface area contributed by atoms with Gasteiger partial charge in [-0.3, -0.25) is 4.48 Å². The highest BCUT2D eigenvalue weighted by atomic mass is 16.3. The second kappa shape index (κ2) is 4.01.